The van der Waals surface area contributed by atoms with E-state index in [0.717, 1.165) is 30.2 Å². The molecule has 0 aliphatic carbocycles. The predicted molar refractivity (Wildman–Crippen MR) is 133 cm³/mol. The molecule has 0 bridgehead atoms. The number of hydrogen-bond acceptors (Lipinski definition) is 3. The summed E-state index contributed by atoms with van der Waals surface area (Å²) in [5.41, 5.74) is 3.90. The number of hydrogen-bond donors (Lipinski definition) is 0. The minimum Gasteiger partial charge on any atom is -0.368 e. The fourth-order valence-electron chi connectivity index (χ4n) is 4.20. The molecule has 4 aromatic rings. The zero-order valence-corrected chi connectivity index (χ0v) is 19.7. The van der Waals surface area contributed by atoms with Gasteiger partial charge in [0.2, 0.25) is 0 Å². The van der Waals surface area contributed by atoms with Crippen LogP contribution in [0, 0.1) is 0 Å². The second-order valence-corrected chi connectivity index (χ2v) is 8.89. The molecule has 8 heteroatoms. The molecule has 1 fully saturated rings. The maximum absolute atomic E-state index is 13.6. The van der Waals surface area contributed by atoms with Crippen LogP contribution in [0.2, 0.25) is 10.0 Å². The van der Waals surface area contributed by atoms with Crippen molar-refractivity contribution in [3.8, 4) is 17.1 Å². The normalized spacial score (nSPS) is 14.0. The summed E-state index contributed by atoms with van der Waals surface area (Å²) in [4.78, 5) is 17.8. The number of rotatable bonds is 4. The van der Waals surface area contributed by atoms with Crippen molar-refractivity contribution >= 4 is 34.8 Å². The second kappa shape index (κ2) is 8.96. The van der Waals surface area contributed by atoms with Crippen LogP contribution in [0.15, 0.2) is 72.9 Å². The molecular formula is C25H23Cl2N5O. The summed E-state index contributed by atoms with van der Waals surface area (Å²) in [6.07, 6.45) is 1.96. The summed E-state index contributed by atoms with van der Waals surface area (Å²) < 4.78 is 3.65. The van der Waals surface area contributed by atoms with Crippen molar-refractivity contribution in [1.82, 2.24) is 19.2 Å². The van der Waals surface area contributed by atoms with Crippen molar-refractivity contribution < 1.29 is 4.79 Å². The molecule has 5 rings (SSSR count). The fraction of sp³-hybridized carbons (Fsp3) is 0.200. The van der Waals surface area contributed by atoms with Crippen LogP contribution in [0.4, 0.5) is 5.69 Å². The van der Waals surface area contributed by atoms with Crippen molar-refractivity contribution in [2.24, 2.45) is 7.05 Å². The highest BCUT2D eigenvalue weighted by Crippen LogP contribution is 2.27. The molecule has 168 valence electrons. The third-order valence-electron chi connectivity index (χ3n) is 5.96. The van der Waals surface area contributed by atoms with Crippen LogP contribution in [0.25, 0.3) is 17.1 Å². The molecule has 1 aliphatic heterocycles. The van der Waals surface area contributed by atoms with Gasteiger partial charge in [-0.15, -0.1) is 0 Å². The lowest BCUT2D eigenvalue weighted by molar-refractivity contribution is 0.0737. The average Bonchev–Trinajstić information content (AvgIpc) is 3.45. The Morgan fingerprint density at radius 3 is 2.39 bits per heavy atom. The molecule has 0 N–H and O–H groups in total. The van der Waals surface area contributed by atoms with Gasteiger partial charge in [0.25, 0.3) is 5.91 Å². The number of carbonyl (C=O) groups is 1. The molecule has 2 aromatic heterocycles. The third kappa shape index (κ3) is 4.24. The van der Waals surface area contributed by atoms with Gasteiger partial charge >= 0.3 is 0 Å². The highest BCUT2D eigenvalue weighted by molar-refractivity contribution is 6.32. The summed E-state index contributed by atoms with van der Waals surface area (Å²) in [5, 5.41) is 6.02. The number of amides is 1. The van der Waals surface area contributed by atoms with Gasteiger partial charge < -0.3 is 14.4 Å². The predicted octanol–water partition coefficient (Wildman–Crippen LogP) is 5.15. The maximum Gasteiger partial charge on any atom is 0.272 e. The number of anilines is 1. The van der Waals surface area contributed by atoms with Crippen LogP contribution in [0.5, 0.6) is 0 Å². The minimum absolute atomic E-state index is 0.0615. The molecule has 0 radical (unpaired) electrons. The van der Waals surface area contributed by atoms with Gasteiger partial charge in [-0.2, -0.15) is 5.10 Å². The zero-order valence-electron chi connectivity index (χ0n) is 18.2. The number of halogens is 2. The molecule has 3 heterocycles. The standard InChI is InChI=1S/C25H23Cl2N5O/c1-29-11-5-10-23(29)21-17-24(32(28-21)22-9-3-2-8-20(22)27)25(33)31-14-12-30(13-15-31)19-7-4-6-18(26)16-19/h2-11,16-17H,12-15H2,1H3. The first-order chi connectivity index (χ1) is 16.0. The molecule has 6 nitrogen and oxygen atoms in total. The Balaban J connectivity index is 1.44. The van der Waals surface area contributed by atoms with E-state index in [1.807, 2.05) is 83.4 Å². The number of para-hydroxylation sites is 1. The molecular weight excluding hydrogens is 457 g/mol. The van der Waals surface area contributed by atoms with Crippen LogP contribution in [-0.2, 0) is 7.05 Å². The van der Waals surface area contributed by atoms with Crippen LogP contribution in [0.3, 0.4) is 0 Å². The van der Waals surface area contributed by atoms with Crippen LogP contribution < -0.4 is 4.90 Å². The van der Waals surface area contributed by atoms with Gasteiger partial charge in [-0.3, -0.25) is 4.79 Å². The van der Waals surface area contributed by atoms with E-state index >= 15 is 0 Å². The Morgan fingerprint density at radius 2 is 1.70 bits per heavy atom. The summed E-state index contributed by atoms with van der Waals surface area (Å²) in [5.74, 6) is -0.0615. The van der Waals surface area contributed by atoms with Crippen molar-refractivity contribution in [2.45, 2.75) is 0 Å². The summed E-state index contributed by atoms with van der Waals surface area (Å²) in [7, 11) is 1.96. The maximum atomic E-state index is 13.6. The Bertz CT molecular complexity index is 1300. The molecule has 1 aliphatic rings. The number of benzene rings is 2. The molecule has 2 aromatic carbocycles. The Hall–Kier alpha value is -3.22. The first-order valence-corrected chi connectivity index (χ1v) is 11.5. The Kier molecular flexibility index (Phi) is 5.87. The van der Waals surface area contributed by atoms with Crippen LogP contribution >= 0.6 is 23.2 Å². The summed E-state index contributed by atoms with van der Waals surface area (Å²) >= 11 is 12.6. The fourth-order valence-corrected chi connectivity index (χ4v) is 4.60. The lowest BCUT2D eigenvalue weighted by Crippen LogP contribution is -2.49. The molecule has 0 spiro atoms. The molecule has 0 saturated carbocycles. The molecule has 1 saturated heterocycles. The molecule has 0 unspecified atom stereocenters. The van der Waals surface area contributed by atoms with Gasteiger partial charge in [-0.05, 0) is 48.5 Å². The largest absolute Gasteiger partial charge is 0.368 e. The monoisotopic (exact) mass is 479 g/mol. The zero-order chi connectivity index (χ0) is 22.9. The molecule has 1 amide bonds. The van der Waals surface area contributed by atoms with E-state index in [1.54, 1.807) is 10.7 Å². The highest BCUT2D eigenvalue weighted by atomic mass is 35.5. The van der Waals surface area contributed by atoms with Gasteiger partial charge in [-0.1, -0.05) is 41.4 Å². The van der Waals surface area contributed by atoms with E-state index in [0.29, 0.717) is 34.5 Å². The first-order valence-electron chi connectivity index (χ1n) is 10.8. The van der Waals surface area contributed by atoms with Crippen LogP contribution in [-0.4, -0.2) is 51.3 Å². The van der Waals surface area contributed by atoms with Gasteiger partial charge in [-0.25, -0.2) is 4.68 Å². The number of aromatic nitrogens is 3. The first kappa shape index (κ1) is 21.6. The number of aryl methyl sites for hydroxylation is 1. The number of nitrogens with zero attached hydrogens (tertiary/aromatic N) is 5. The van der Waals surface area contributed by atoms with E-state index in [2.05, 4.69) is 4.90 Å². The van der Waals surface area contributed by atoms with Crippen molar-refractivity contribution in [2.75, 3.05) is 31.1 Å². The van der Waals surface area contributed by atoms with Crippen molar-refractivity contribution in [3.05, 3.63) is 88.7 Å². The number of piperazine rings is 1. The Morgan fingerprint density at radius 1 is 0.909 bits per heavy atom. The van der Waals surface area contributed by atoms with Crippen molar-refractivity contribution in [3.63, 3.8) is 0 Å². The van der Waals surface area contributed by atoms with E-state index in [9.17, 15) is 4.79 Å². The second-order valence-electron chi connectivity index (χ2n) is 8.04. The lowest BCUT2D eigenvalue weighted by Gasteiger charge is -2.36. The van der Waals surface area contributed by atoms with Crippen molar-refractivity contribution in [1.29, 1.82) is 0 Å². The quantitative estimate of drug-likeness (QED) is 0.406. The summed E-state index contributed by atoms with van der Waals surface area (Å²) in [6, 6.07) is 21.0. The highest BCUT2D eigenvalue weighted by Gasteiger charge is 2.27. The Labute approximate surface area is 202 Å². The van der Waals surface area contributed by atoms with E-state index in [-0.39, 0.29) is 5.91 Å². The van der Waals surface area contributed by atoms with E-state index in [4.69, 9.17) is 28.3 Å². The van der Waals surface area contributed by atoms with E-state index < -0.39 is 0 Å². The van der Waals surface area contributed by atoms with Gasteiger partial charge in [0.05, 0.1) is 16.4 Å². The van der Waals surface area contributed by atoms with Gasteiger partial charge in [0, 0.05) is 50.1 Å². The molecule has 33 heavy (non-hydrogen) atoms. The summed E-state index contributed by atoms with van der Waals surface area (Å²) in [6.45, 7) is 2.69. The lowest BCUT2D eigenvalue weighted by atomic mass is 10.2. The van der Waals surface area contributed by atoms with E-state index in [1.165, 1.54) is 0 Å². The van der Waals surface area contributed by atoms with Crippen LogP contribution in [0.1, 0.15) is 10.5 Å². The average molecular weight is 480 g/mol. The minimum atomic E-state index is -0.0615. The third-order valence-corrected chi connectivity index (χ3v) is 6.51. The van der Waals surface area contributed by atoms with Gasteiger partial charge in [0.15, 0.2) is 0 Å². The topological polar surface area (TPSA) is 46.3 Å². The smallest absolute Gasteiger partial charge is 0.272 e. The molecule has 0 atom stereocenters. The van der Waals surface area contributed by atoms with Gasteiger partial charge in [0.1, 0.15) is 11.4 Å². The number of carbonyl (C=O) groups excluding carboxylic acids is 1. The SMILES string of the molecule is Cn1cccc1-c1cc(C(=O)N2CCN(c3cccc(Cl)c3)CC2)n(-c2ccccc2Cl)n1.